The van der Waals surface area contributed by atoms with E-state index in [4.69, 9.17) is 0 Å². The predicted molar refractivity (Wildman–Crippen MR) is 74.5 cm³/mol. The maximum Gasteiger partial charge on any atom is 0.145 e. The molecular weight excluding hydrogens is 234 g/mol. The largest absolute Gasteiger partial charge is 0.333 e. The number of nitrogens with two attached hydrogens (primary N) is 1. The Hall–Kier alpha value is -1.93. The second-order valence-corrected chi connectivity index (χ2v) is 5.17. The molecule has 2 nitrogen and oxygen atoms in total. The van der Waals surface area contributed by atoms with Gasteiger partial charge in [0.25, 0.3) is 0 Å². The van der Waals surface area contributed by atoms with Gasteiger partial charge in [0.15, 0.2) is 0 Å². The van der Waals surface area contributed by atoms with Crippen LogP contribution in [0.1, 0.15) is 36.1 Å². The monoisotopic (exact) mass is 252 g/mol. The SMILES string of the molecule is O=C1CC(c2ccccc2)[NH2+]C(c2ccccc2)C1. The van der Waals surface area contributed by atoms with Crippen molar-refractivity contribution in [1.82, 2.24) is 0 Å². The maximum atomic E-state index is 12.0. The Morgan fingerprint density at radius 3 is 1.58 bits per heavy atom. The van der Waals surface area contributed by atoms with Crippen LogP contribution in [0.15, 0.2) is 60.7 Å². The molecule has 96 valence electrons. The number of hydrogen-bond donors (Lipinski definition) is 1. The molecule has 1 heterocycles. The highest BCUT2D eigenvalue weighted by molar-refractivity contribution is 5.80. The van der Waals surface area contributed by atoms with Crippen molar-refractivity contribution in [1.29, 1.82) is 0 Å². The molecule has 2 atom stereocenters. The molecule has 0 amide bonds. The van der Waals surface area contributed by atoms with Crippen LogP contribution in [0.5, 0.6) is 0 Å². The first-order valence-corrected chi connectivity index (χ1v) is 6.79. The van der Waals surface area contributed by atoms with Gasteiger partial charge < -0.3 is 5.32 Å². The lowest BCUT2D eigenvalue weighted by Gasteiger charge is -2.27. The van der Waals surface area contributed by atoms with Crippen LogP contribution in [0.4, 0.5) is 0 Å². The van der Waals surface area contributed by atoms with E-state index in [2.05, 4.69) is 29.6 Å². The van der Waals surface area contributed by atoms with E-state index in [1.54, 1.807) is 0 Å². The van der Waals surface area contributed by atoms with E-state index in [1.165, 1.54) is 11.1 Å². The molecule has 0 saturated carbocycles. The van der Waals surface area contributed by atoms with Gasteiger partial charge in [-0.05, 0) is 0 Å². The van der Waals surface area contributed by atoms with Crippen LogP contribution in [-0.4, -0.2) is 5.78 Å². The lowest BCUT2D eigenvalue weighted by molar-refractivity contribution is -0.737. The first kappa shape index (κ1) is 12.1. The topological polar surface area (TPSA) is 33.7 Å². The molecule has 2 unspecified atom stereocenters. The van der Waals surface area contributed by atoms with Gasteiger partial charge in [0.2, 0.25) is 0 Å². The smallest absolute Gasteiger partial charge is 0.145 e. The van der Waals surface area contributed by atoms with Crippen molar-refractivity contribution in [3.05, 3.63) is 71.8 Å². The molecule has 2 aromatic carbocycles. The van der Waals surface area contributed by atoms with E-state index in [0.29, 0.717) is 18.6 Å². The Morgan fingerprint density at radius 1 is 0.737 bits per heavy atom. The number of carbonyl (C=O) groups excluding carboxylic acids is 1. The molecule has 0 spiro atoms. The highest BCUT2D eigenvalue weighted by atomic mass is 16.1. The third-order valence-electron chi connectivity index (χ3n) is 3.82. The fourth-order valence-electron chi connectivity index (χ4n) is 2.85. The van der Waals surface area contributed by atoms with Gasteiger partial charge in [-0.1, -0.05) is 60.7 Å². The number of piperidine rings is 1. The summed E-state index contributed by atoms with van der Waals surface area (Å²) in [4.78, 5) is 12.0. The van der Waals surface area contributed by atoms with Crippen molar-refractivity contribution in [2.45, 2.75) is 24.9 Å². The molecule has 19 heavy (non-hydrogen) atoms. The van der Waals surface area contributed by atoms with E-state index in [1.807, 2.05) is 36.4 Å². The maximum absolute atomic E-state index is 12.0. The molecule has 0 aliphatic carbocycles. The van der Waals surface area contributed by atoms with Crippen molar-refractivity contribution in [3.8, 4) is 0 Å². The highest BCUT2D eigenvalue weighted by Gasteiger charge is 2.31. The standard InChI is InChI=1S/C17H17NO/c19-15-11-16(13-7-3-1-4-8-13)18-17(12-15)14-9-5-2-6-10-14/h1-10,16-18H,11-12H2/p+1. The summed E-state index contributed by atoms with van der Waals surface area (Å²) in [5.74, 6) is 0.366. The summed E-state index contributed by atoms with van der Waals surface area (Å²) >= 11 is 0. The quantitative estimate of drug-likeness (QED) is 0.875. The Bertz CT molecular complexity index is 500. The molecule has 1 fully saturated rings. The van der Waals surface area contributed by atoms with Crippen LogP contribution in [-0.2, 0) is 4.79 Å². The second kappa shape index (κ2) is 5.37. The van der Waals surface area contributed by atoms with Crippen LogP contribution in [0.25, 0.3) is 0 Å². The van der Waals surface area contributed by atoms with Gasteiger partial charge in [0, 0.05) is 11.1 Å². The van der Waals surface area contributed by atoms with Gasteiger partial charge in [-0.3, -0.25) is 4.79 Å². The van der Waals surface area contributed by atoms with Crippen molar-refractivity contribution < 1.29 is 10.1 Å². The van der Waals surface area contributed by atoms with Crippen LogP contribution in [0.2, 0.25) is 0 Å². The van der Waals surface area contributed by atoms with Gasteiger partial charge in [0.05, 0.1) is 12.8 Å². The van der Waals surface area contributed by atoms with Gasteiger partial charge >= 0.3 is 0 Å². The summed E-state index contributed by atoms with van der Waals surface area (Å²) in [5.41, 5.74) is 2.49. The van der Waals surface area contributed by atoms with Crippen molar-refractivity contribution in [3.63, 3.8) is 0 Å². The molecule has 2 aromatic rings. The first-order chi connectivity index (χ1) is 9.33. The Labute approximate surface area is 113 Å². The summed E-state index contributed by atoms with van der Waals surface area (Å²) in [5, 5.41) is 2.34. The third-order valence-corrected chi connectivity index (χ3v) is 3.82. The zero-order valence-corrected chi connectivity index (χ0v) is 10.8. The average Bonchev–Trinajstić information content (AvgIpc) is 2.48. The van der Waals surface area contributed by atoms with E-state index in [-0.39, 0.29) is 12.1 Å². The summed E-state index contributed by atoms with van der Waals surface area (Å²) in [7, 11) is 0. The number of ketones is 1. The number of rotatable bonds is 2. The van der Waals surface area contributed by atoms with Crippen LogP contribution < -0.4 is 5.32 Å². The van der Waals surface area contributed by atoms with E-state index in [9.17, 15) is 4.79 Å². The van der Waals surface area contributed by atoms with E-state index < -0.39 is 0 Å². The molecule has 2 N–H and O–H groups in total. The molecule has 1 aliphatic heterocycles. The fourth-order valence-corrected chi connectivity index (χ4v) is 2.85. The number of quaternary nitrogens is 1. The Balaban J connectivity index is 1.84. The molecule has 1 saturated heterocycles. The minimum atomic E-state index is 0.257. The molecule has 3 rings (SSSR count). The zero-order valence-electron chi connectivity index (χ0n) is 10.8. The lowest BCUT2D eigenvalue weighted by Crippen LogP contribution is -2.88. The lowest BCUT2D eigenvalue weighted by atomic mass is 9.89. The van der Waals surface area contributed by atoms with E-state index >= 15 is 0 Å². The van der Waals surface area contributed by atoms with Gasteiger partial charge in [-0.15, -0.1) is 0 Å². The number of hydrogen-bond acceptors (Lipinski definition) is 1. The number of carbonyl (C=O) groups is 1. The summed E-state index contributed by atoms with van der Waals surface area (Å²) < 4.78 is 0. The first-order valence-electron chi connectivity index (χ1n) is 6.79. The van der Waals surface area contributed by atoms with Gasteiger partial charge in [-0.25, -0.2) is 0 Å². The summed E-state index contributed by atoms with van der Waals surface area (Å²) in [6, 6.07) is 21.2. The summed E-state index contributed by atoms with van der Waals surface area (Å²) in [6.07, 6.45) is 1.29. The molecular formula is C17H18NO+. The molecule has 0 bridgehead atoms. The van der Waals surface area contributed by atoms with Crippen LogP contribution in [0.3, 0.4) is 0 Å². The molecule has 0 radical (unpaired) electrons. The number of benzene rings is 2. The predicted octanol–water partition coefficient (Wildman–Crippen LogP) is 2.40. The minimum Gasteiger partial charge on any atom is -0.333 e. The van der Waals surface area contributed by atoms with Crippen molar-refractivity contribution in [2.24, 2.45) is 0 Å². The van der Waals surface area contributed by atoms with E-state index in [0.717, 1.165) is 0 Å². The fraction of sp³-hybridized carbons (Fsp3) is 0.235. The number of Topliss-reactive ketones (excluding diaryl/α,β-unsaturated/α-hetero) is 1. The molecule has 1 aliphatic rings. The minimum absolute atomic E-state index is 0.257. The van der Waals surface area contributed by atoms with Crippen LogP contribution in [0, 0.1) is 0 Å². The second-order valence-electron chi connectivity index (χ2n) is 5.17. The van der Waals surface area contributed by atoms with Crippen LogP contribution >= 0.6 is 0 Å². The Kier molecular flexibility index (Phi) is 3.43. The molecule has 0 aromatic heterocycles. The highest BCUT2D eigenvalue weighted by Crippen LogP contribution is 2.24. The van der Waals surface area contributed by atoms with Gasteiger partial charge in [0.1, 0.15) is 17.9 Å². The van der Waals surface area contributed by atoms with Gasteiger partial charge in [-0.2, -0.15) is 0 Å². The third kappa shape index (κ3) is 2.74. The summed E-state index contributed by atoms with van der Waals surface area (Å²) in [6.45, 7) is 0. The van der Waals surface area contributed by atoms with Crippen molar-refractivity contribution >= 4 is 5.78 Å². The zero-order chi connectivity index (χ0) is 13.1. The Morgan fingerprint density at radius 2 is 1.16 bits per heavy atom. The average molecular weight is 252 g/mol. The molecule has 2 heteroatoms. The van der Waals surface area contributed by atoms with Crippen molar-refractivity contribution in [2.75, 3.05) is 0 Å². The normalized spacial score (nSPS) is 23.3.